The molecule has 1 aromatic heterocycles. The van der Waals surface area contributed by atoms with Crippen molar-refractivity contribution in [2.24, 2.45) is 5.41 Å². The fourth-order valence-corrected chi connectivity index (χ4v) is 4.13. The maximum Gasteiger partial charge on any atom is 0.242 e. The summed E-state index contributed by atoms with van der Waals surface area (Å²) in [6.07, 6.45) is 7.42. The summed E-state index contributed by atoms with van der Waals surface area (Å²) in [7, 11) is 1.94. The predicted octanol–water partition coefficient (Wildman–Crippen LogP) is 3.92. The lowest BCUT2D eigenvalue weighted by Crippen LogP contribution is -2.40. The second-order valence-electron chi connectivity index (χ2n) is 9.51. The number of nitrogens with zero attached hydrogens (tertiary/aromatic N) is 3. The predicted molar refractivity (Wildman–Crippen MR) is 120 cm³/mol. The molecule has 6 heteroatoms. The zero-order chi connectivity index (χ0) is 21.7. The molecule has 0 saturated heterocycles. The van der Waals surface area contributed by atoms with Crippen LogP contribution >= 0.6 is 0 Å². The van der Waals surface area contributed by atoms with Crippen LogP contribution in [0.15, 0.2) is 24.3 Å². The molecule has 2 amide bonds. The molecule has 30 heavy (non-hydrogen) atoms. The van der Waals surface area contributed by atoms with Crippen LogP contribution in [0.1, 0.15) is 65.1 Å². The van der Waals surface area contributed by atoms with Crippen LogP contribution < -0.4 is 5.32 Å². The molecule has 1 saturated carbocycles. The van der Waals surface area contributed by atoms with E-state index in [-0.39, 0.29) is 17.2 Å². The highest BCUT2D eigenvalue weighted by atomic mass is 16.2. The number of aryl methyl sites for hydroxylation is 1. The standard InChI is InChI=1S/C24H36N4O2/c1-24(2,3)23(30)25-16-10-15-21-26-19-13-8-9-14-20(19)28(21)17-22(29)27(4)18-11-6-5-7-12-18/h8-9,13-14,18H,5-7,10-12,15-17H2,1-4H3,(H,25,30). The first-order valence-corrected chi connectivity index (χ1v) is 11.3. The number of aromatic nitrogens is 2. The van der Waals surface area contributed by atoms with Gasteiger partial charge in [0.1, 0.15) is 12.4 Å². The molecule has 0 spiro atoms. The maximum absolute atomic E-state index is 13.1. The molecule has 0 bridgehead atoms. The Hall–Kier alpha value is -2.37. The number of para-hydroxylation sites is 2. The summed E-state index contributed by atoms with van der Waals surface area (Å²) in [4.78, 5) is 31.9. The highest BCUT2D eigenvalue weighted by molar-refractivity contribution is 5.82. The molecule has 0 radical (unpaired) electrons. The molecule has 1 aromatic carbocycles. The van der Waals surface area contributed by atoms with Crippen LogP contribution in [0.25, 0.3) is 11.0 Å². The number of hydrogen-bond acceptors (Lipinski definition) is 3. The number of imidazole rings is 1. The van der Waals surface area contributed by atoms with Crippen molar-refractivity contribution in [1.29, 1.82) is 0 Å². The van der Waals surface area contributed by atoms with Gasteiger partial charge in [0, 0.05) is 31.5 Å². The van der Waals surface area contributed by atoms with Crippen LogP contribution in [0, 0.1) is 5.41 Å². The van der Waals surface area contributed by atoms with E-state index in [9.17, 15) is 9.59 Å². The molecular weight excluding hydrogens is 376 g/mol. The number of nitrogens with one attached hydrogen (secondary N) is 1. The van der Waals surface area contributed by atoms with E-state index in [1.807, 2.05) is 57.0 Å². The highest BCUT2D eigenvalue weighted by Crippen LogP contribution is 2.23. The first-order valence-electron chi connectivity index (χ1n) is 11.3. The number of hydrogen-bond donors (Lipinski definition) is 1. The van der Waals surface area contributed by atoms with Gasteiger partial charge in [-0.15, -0.1) is 0 Å². The van der Waals surface area contributed by atoms with Crippen molar-refractivity contribution >= 4 is 22.8 Å². The van der Waals surface area contributed by atoms with E-state index in [0.29, 0.717) is 19.1 Å². The summed E-state index contributed by atoms with van der Waals surface area (Å²) >= 11 is 0. The minimum atomic E-state index is -0.386. The van der Waals surface area contributed by atoms with E-state index in [0.717, 1.165) is 42.5 Å². The number of amides is 2. The van der Waals surface area contributed by atoms with Gasteiger partial charge in [-0.05, 0) is 31.4 Å². The van der Waals surface area contributed by atoms with Gasteiger partial charge in [0.25, 0.3) is 0 Å². The quantitative estimate of drug-likeness (QED) is 0.701. The van der Waals surface area contributed by atoms with E-state index < -0.39 is 0 Å². The molecule has 1 fully saturated rings. The van der Waals surface area contributed by atoms with Crippen molar-refractivity contribution < 1.29 is 9.59 Å². The lowest BCUT2D eigenvalue weighted by Gasteiger charge is -2.31. The second-order valence-corrected chi connectivity index (χ2v) is 9.51. The Morgan fingerprint density at radius 1 is 1.17 bits per heavy atom. The van der Waals surface area contributed by atoms with Gasteiger partial charge in [-0.2, -0.15) is 0 Å². The van der Waals surface area contributed by atoms with Crippen LogP contribution in [0.2, 0.25) is 0 Å². The number of carbonyl (C=O) groups excluding carboxylic acids is 2. The molecule has 164 valence electrons. The first-order chi connectivity index (χ1) is 14.3. The lowest BCUT2D eigenvalue weighted by molar-refractivity contribution is -0.133. The van der Waals surface area contributed by atoms with Gasteiger partial charge in [0.2, 0.25) is 11.8 Å². The Bertz CT molecular complexity index is 875. The first kappa shape index (κ1) is 22.3. The molecule has 1 aliphatic carbocycles. The zero-order valence-corrected chi connectivity index (χ0v) is 18.9. The fourth-order valence-electron chi connectivity index (χ4n) is 4.13. The summed E-state index contributed by atoms with van der Waals surface area (Å²) in [6.45, 7) is 6.66. The third-order valence-electron chi connectivity index (χ3n) is 6.09. The molecule has 6 nitrogen and oxygen atoms in total. The third-order valence-corrected chi connectivity index (χ3v) is 6.09. The molecule has 1 aliphatic rings. The Labute approximate surface area is 180 Å². The molecule has 1 N–H and O–H groups in total. The van der Waals surface area contributed by atoms with Crippen molar-refractivity contribution in [3.05, 3.63) is 30.1 Å². The van der Waals surface area contributed by atoms with E-state index in [1.165, 1.54) is 19.3 Å². The normalized spacial score (nSPS) is 15.3. The van der Waals surface area contributed by atoms with Crippen molar-refractivity contribution in [3.63, 3.8) is 0 Å². The number of fused-ring (bicyclic) bond motifs is 1. The van der Waals surface area contributed by atoms with E-state index >= 15 is 0 Å². The van der Waals surface area contributed by atoms with Gasteiger partial charge in [0.15, 0.2) is 0 Å². The molecule has 0 unspecified atom stereocenters. The van der Waals surface area contributed by atoms with Gasteiger partial charge >= 0.3 is 0 Å². The Morgan fingerprint density at radius 2 is 1.87 bits per heavy atom. The molecule has 0 aliphatic heterocycles. The van der Waals surface area contributed by atoms with Crippen LogP contribution in [0.3, 0.4) is 0 Å². The van der Waals surface area contributed by atoms with Crippen molar-refractivity contribution in [2.45, 2.75) is 78.3 Å². The van der Waals surface area contributed by atoms with Crippen molar-refractivity contribution in [3.8, 4) is 0 Å². The Kier molecular flexibility index (Phi) is 7.16. The van der Waals surface area contributed by atoms with Crippen LogP contribution in [-0.2, 0) is 22.6 Å². The fraction of sp³-hybridized carbons (Fsp3) is 0.625. The average molecular weight is 413 g/mol. The molecule has 3 rings (SSSR count). The van der Waals surface area contributed by atoms with Crippen LogP contribution in [0.5, 0.6) is 0 Å². The van der Waals surface area contributed by atoms with E-state index in [1.54, 1.807) is 0 Å². The largest absolute Gasteiger partial charge is 0.356 e. The minimum Gasteiger partial charge on any atom is -0.356 e. The average Bonchev–Trinajstić information content (AvgIpc) is 3.07. The summed E-state index contributed by atoms with van der Waals surface area (Å²) in [5.74, 6) is 1.11. The summed E-state index contributed by atoms with van der Waals surface area (Å²) in [5, 5.41) is 3.00. The number of likely N-dealkylation sites (N-methyl/N-ethyl adjacent to an activating group) is 1. The number of carbonyl (C=O) groups is 2. The zero-order valence-electron chi connectivity index (χ0n) is 18.9. The molecule has 1 heterocycles. The van der Waals surface area contributed by atoms with Crippen LogP contribution in [0.4, 0.5) is 0 Å². The summed E-state index contributed by atoms with van der Waals surface area (Å²) in [6, 6.07) is 8.34. The van der Waals surface area contributed by atoms with Gasteiger partial charge < -0.3 is 14.8 Å². The third kappa shape index (κ3) is 5.41. The highest BCUT2D eigenvalue weighted by Gasteiger charge is 2.24. The monoisotopic (exact) mass is 412 g/mol. The van der Waals surface area contributed by atoms with Crippen molar-refractivity contribution in [1.82, 2.24) is 19.8 Å². The molecule has 2 aromatic rings. The van der Waals surface area contributed by atoms with Gasteiger partial charge in [-0.25, -0.2) is 4.98 Å². The Morgan fingerprint density at radius 3 is 2.57 bits per heavy atom. The van der Waals surface area contributed by atoms with Gasteiger partial charge in [0.05, 0.1) is 11.0 Å². The lowest BCUT2D eigenvalue weighted by atomic mass is 9.94. The van der Waals surface area contributed by atoms with Gasteiger partial charge in [-0.3, -0.25) is 9.59 Å². The number of benzene rings is 1. The van der Waals surface area contributed by atoms with Crippen molar-refractivity contribution in [2.75, 3.05) is 13.6 Å². The summed E-state index contributed by atoms with van der Waals surface area (Å²) in [5.41, 5.74) is 1.53. The van der Waals surface area contributed by atoms with E-state index in [4.69, 9.17) is 4.98 Å². The molecular formula is C24H36N4O2. The smallest absolute Gasteiger partial charge is 0.242 e. The summed E-state index contributed by atoms with van der Waals surface area (Å²) < 4.78 is 2.06. The SMILES string of the molecule is CN(C(=O)Cn1c(CCCNC(=O)C(C)(C)C)nc2ccccc21)C1CCCCC1. The number of rotatable bonds is 7. The second kappa shape index (κ2) is 9.63. The maximum atomic E-state index is 13.1. The van der Waals surface area contributed by atoms with Gasteiger partial charge in [-0.1, -0.05) is 52.2 Å². The van der Waals surface area contributed by atoms with Crippen LogP contribution in [-0.4, -0.2) is 45.9 Å². The van der Waals surface area contributed by atoms with E-state index in [2.05, 4.69) is 9.88 Å². The topological polar surface area (TPSA) is 67.2 Å². The molecule has 0 atom stereocenters. The minimum absolute atomic E-state index is 0.0558. The Balaban J connectivity index is 1.68.